The van der Waals surface area contributed by atoms with Crippen molar-refractivity contribution in [1.29, 1.82) is 0 Å². The van der Waals surface area contributed by atoms with Crippen molar-refractivity contribution in [3.63, 3.8) is 0 Å². The summed E-state index contributed by atoms with van der Waals surface area (Å²) in [7, 11) is 1.56. The second-order valence-electron chi connectivity index (χ2n) is 3.46. The minimum absolute atomic E-state index is 0.125. The highest BCUT2D eigenvalue weighted by Crippen LogP contribution is 2.32. The van der Waals surface area contributed by atoms with E-state index in [1.54, 1.807) is 7.11 Å². The maximum Gasteiger partial charge on any atom is 0.132 e. The number of nitrogens with two attached hydrogens (primary N) is 1. The number of aliphatic hydroxyl groups is 1. The summed E-state index contributed by atoms with van der Waals surface area (Å²) in [6, 6.07) is 3.39. The first kappa shape index (κ1) is 9.30. The summed E-state index contributed by atoms with van der Waals surface area (Å²) in [5.74, 6) is 0.753. The summed E-state index contributed by atoms with van der Waals surface area (Å²) in [4.78, 5) is 0. The van der Waals surface area contributed by atoms with E-state index in [1.165, 1.54) is 6.07 Å². The first-order valence-electron chi connectivity index (χ1n) is 4.62. The van der Waals surface area contributed by atoms with Gasteiger partial charge in [0.05, 0.1) is 7.11 Å². The zero-order valence-electron chi connectivity index (χ0n) is 8.03. The van der Waals surface area contributed by atoms with Crippen LogP contribution in [-0.4, -0.2) is 23.9 Å². The van der Waals surface area contributed by atoms with Gasteiger partial charge in [0, 0.05) is 17.2 Å². The molecule has 1 atom stereocenters. The Morgan fingerprint density at radius 3 is 3.00 bits per heavy atom. The van der Waals surface area contributed by atoms with Crippen molar-refractivity contribution < 1.29 is 20.3 Å². The highest BCUT2D eigenvalue weighted by molar-refractivity contribution is 5.47. The van der Waals surface area contributed by atoms with Crippen molar-refractivity contribution in [2.75, 3.05) is 13.7 Å². The molecule has 4 nitrogen and oxygen atoms in total. The molecule has 0 amide bonds. The summed E-state index contributed by atoms with van der Waals surface area (Å²) in [6.07, 6.45) is -0.579. The molecule has 0 spiro atoms. The van der Waals surface area contributed by atoms with Crippen molar-refractivity contribution in [1.82, 2.24) is 0 Å². The lowest BCUT2D eigenvalue weighted by Crippen LogP contribution is -2.85. The van der Waals surface area contributed by atoms with Gasteiger partial charge < -0.3 is 20.3 Å². The number of aromatic hydroxyl groups is 1. The van der Waals surface area contributed by atoms with Crippen LogP contribution >= 0.6 is 0 Å². The van der Waals surface area contributed by atoms with Crippen LogP contribution in [0.4, 0.5) is 0 Å². The summed E-state index contributed by atoms with van der Waals surface area (Å²) in [5, 5.41) is 21.4. The van der Waals surface area contributed by atoms with Gasteiger partial charge in [-0.25, -0.2) is 0 Å². The molecule has 0 aromatic heterocycles. The Morgan fingerprint density at radius 2 is 2.29 bits per heavy atom. The number of methoxy groups -OCH3 is 1. The van der Waals surface area contributed by atoms with Gasteiger partial charge in [-0.05, 0) is 6.07 Å². The first-order chi connectivity index (χ1) is 6.72. The Hall–Kier alpha value is -1.26. The third-order valence-electron chi connectivity index (χ3n) is 2.54. The number of rotatable bonds is 1. The third-order valence-corrected chi connectivity index (χ3v) is 2.54. The molecule has 1 aliphatic rings. The number of hydrogen-bond acceptors (Lipinski definition) is 3. The first-order valence-corrected chi connectivity index (χ1v) is 4.62. The lowest BCUT2D eigenvalue weighted by Gasteiger charge is -2.21. The van der Waals surface area contributed by atoms with Gasteiger partial charge in [0.25, 0.3) is 0 Å². The van der Waals surface area contributed by atoms with Crippen LogP contribution in [-0.2, 0) is 6.54 Å². The average molecular weight is 196 g/mol. The van der Waals surface area contributed by atoms with E-state index in [9.17, 15) is 10.2 Å². The van der Waals surface area contributed by atoms with Crippen LogP contribution in [0.3, 0.4) is 0 Å². The number of phenols is 1. The SMILES string of the molecule is COc1cc(O)c2c(c1)C[NH2+]C[C@H]2O. The van der Waals surface area contributed by atoms with E-state index in [0.29, 0.717) is 17.9 Å². The summed E-state index contributed by atoms with van der Waals surface area (Å²) >= 11 is 0. The van der Waals surface area contributed by atoms with Crippen molar-refractivity contribution >= 4 is 0 Å². The van der Waals surface area contributed by atoms with Gasteiger partial charge in [-0.1, -0.05) is 0 Å². The molecule has 4 N–H and O–H groups in total. The maximum absolute atomic E-state index is 9.68. The molecule has 1 aromatic rings. The number of fused-ring (bicyclic) bond motifs is 1. The van der Waals surface area contributed by atoms with E-state index < -0.39 is 6.10 Å². The molecule has 76 valence electrons. The van der Waals surface area contributed by atoms with Gasteiger partial charge in [-0.3, -0.25) is 0 Å². The summed E-state index contributed by atoms with van der Waals surface area (Å²) in [5.41, 5.74) is 1.59. The lowest BCUT2D eigenvalue weighted by atomic mass is 9.97. The van der Waals surface area contributed by atoms with Crippen molar-refractivity contribution in [2.24, 2.45) is 0 Å². The Labute approximate surface area is 82.1 Å². The number of phenolic OH excluding ortho intramolecular Hbond substituents is 1. The van der Waals surface area contributed by atoms with Gasteiger partial charge >= 0.3 is 0 Å². The van der Waals surface area contributed by atoms with Gasteiger partial charge in [0.15, 0.2) is 0 Å². The van der Waals surface area contributed by atoms with Gasteiger partial charge in [-0.2, -0.15) is 0 Å². The summed E-state index contributed by atoms with van der Waals surface area (Å²) in [6.45, 7) is 1.38. The normalized spacial score (nSPS) is 20.3. The molecule has 1 heterocycles. The van der Waals surface area contributed by atoms with E-state index in [0.717, 1.165) is 12.1 Å². The minimum Gasteiger partial charge on any atom is -0.507 e. The molecule has 1 aliphatic heterocycles. The standard InChI is InChI=1S/C10H13NO3/c1-14-7-2-6-4-11-5-9(13)10(6)8(12)3-7/h2-3,9,11-13H,4-5H2,1H3/p+1/t9-/m1/s1. The van der Waals surface area contributed by atoms with Crippen LogP contribution in [0.1, 0.15) is 17.2 Å². The number of aliphatic hydroxyl groups excluding tert-OH is 1. The number of benzene rings is 1. The number of hydrogen-bond donors (Lipinski definition) is 3. The van der Waals surface area contributed by atoms with Gasteiger partial charge in [-0.15, -0.1) is 0 Å². The molecule has 0 aliphatic carbocycles. The fourth-order valence-electron chi connectivity index (χ4n) is 1.85. The molecule has 0 bridgehead atoms. The van der Waals surface area contributed by atoms with Crippen LogP contribution in [0.15, 0.2) is 12.1 Å². The molecule has 0 saturated heterocycles. The number of ether oxygens (including phenoxy) is 1. The van der Waals surface area contributed by atoms with Crippen molar-refractivity contribution in [2.45, 2.75) is 12.6 Å². The van der Waals surface area contributed by atoms with E-state index in [4.69, 9.17) is 4.74 Å². The predicted octanol–water partition coefficient (Wildman–Crippen LogP) is -0.489. The van der Waals surface area contributed by atoms with Gasteiger partial charge in [0.2, 0.25) is 0 Å². The van der Waals surface area contributed by atoms with Crippen molar-refractivity contribution in [3.05, 3.63) is 23.3 Å². The van der Waals surface area contributed by atoms with Crippen LogP contribution in [0.2, 0.25) is 0 Å². The highest BCUT2D eigenvalue weighted by atomic mass is 16.5. The van der Waals surface area contributed by atoms with E-state index in [-0.39, 0.29) is 5.75 Å². The smallest absolute Gasteiger partial charge is 0.132 e. The van der Waals surface area contributed by atoms with Crippen LogP contribution in [0.25, 0.3) is 0 Å². The second-order valence-corrected chi connectivity index (χ2v) is 3.46. The summed E-state index contributed by atoms with van der Waals surface area (Å²) < 4.78 is 5.04. The van der Waals surface area contributed by atoms with E-state index >= 15 is 0 Å². The zero-order chi connectivity index (χ0) is 10.1. The van der Waals surface area contributed by atoms with Crippen LogP contribution in [0, 0.1) is 0 Å². The Morgan fingerprint density at radius 1 is 1.50 bits per heavy atom. The third kappa shape index (κ3) is 1.42. The zero-order valence-corrected chi connectivity index (χ0v) is 8.03. The largest absolute Gasteiger partial charge is 0.507 e. The molecular weight excluding hydrogens is 182 g/mol. The predicted molar refractivity (Wildman–Crippen MR) is 50.1 cm³/mol. The second kappa shape index (κ2) is 3.48. The monoisotopic (exact) mass is 196 g/mol. The molecule has 4 heteroatoms. The Balaban J connectivity index is 2.51. The molecule has 0 unspecified atom stereocenters. The van der Waals surface area contributed by atoms with E-state index in [2.05, 4.69) is 0 Å². The molecule has 0 radical (unpaired) electrons. The van der Waals surface area contributed by atoms with Crippen molar-refractivity contribution in [3.8, 4) is 11.5 Å². The highest BCUT2D eigenvalue weighted by Gasteiger charge is 2.24. The average Bonchev–Trinajstić information content (AvgIpc) is 2.17. The molecule has 14 heavy (non-hydrogen) atoms. The fourth-order valence-corrected chi connectivity index (χ4v) is 1.85. The molecule has 1 aromatic carbocycles. The topological polar surface area (TPSA) is 66.3 Å². The van der Waals surface area contributed by atoms with Crippen LogP contribution in [0.5, 0.6) is 11.5 Å². The minimum atomic E-state index is -0.579. The quantitative estimate of drug-likeness (QED) is 0.568. The molecule has 0 saturated carbocycles. The molecule has 0 fully saturated rings. The molecule has 2 rings (SSSR count). The number of quaternary nitrogens is 1. The maximum atomic E-state index is 9.68. The lowest BCUT2D eigenvalue weighted by molar-refractivity contribution is -0.681. The Bertz CT molecular complexity index is 351. The molecular formula is C10H14NO3+. The fraction of sp³-hybridized carbons (Fsp3) is 0.400. The van der Waals surface area contributed by atoms with E-state index in [1.807, 2.05) is 11.4 Å². The van der Waals surface area contributed by atoms with Crippen LogP contribution < -0.4 is 10.1 Å². The Kier molecular flexibility index (Phi) is 2.31. The van der Waals surface area contributed by atoms with Gasteiger partial charge in [0.1, 0.15) is 30.7 Å².